The molecule has 3 nitrogen and oxygen atoms in total. The van der Waals surface area contributed by atoms with E-state index in [9.17, 15) is 5.26 Å². The number of methoxy groups -OCH3 is 1. The van der Waals surface area contributed by atoms with Crippen LogP contribution in [0.5, 0.6) is 17.2 Å². The Labute approximate surface area is 123 Å². The molecule has 20 heavy (non-hydrogen) atoms. The zero-order chi connectivity index (χ0) is 14.5. The minimum absolute atomic E-state index is 0.543. The molecule has 4 heteroatoms. The molecule has 0 radical (unpaired) electrons. The number of nitrogens with zero attached hydrogens (tertiary/aromatic N) is 1. The molecule has 0 aliphatic rings. The lowest BCUT2D eigenvalue weighted by atomic mass is 10.2. The van der Waals surface area contributed by atoms with Gasteiger partial charge in [0.25, 0.3) is 0 Å². The number of thioether (sulfide) groups is 1. The van der Waals surface area contributed by atoms with Crippen molar-refractivity contribution in [3.05, 3.63) is 47.5 Å². The van der Waals surface area contributed by atoms with Crippen LogP contribution in [0.1, 0.15) is 11.1 Å². The Morgan fingerprint density at radius 2 is 1.90 bits per heavy atom. The maximum Gasteiger partial charge on any atom is 0.169 e. The van der Waals surface area contributed by atoms with Crippen LogP contribution in [0, 0.1) is 18.3 Å². The van der Waals surface area contributed by atoms with E-state index in [4.69, 9.17) is 9.47 Å². The summed E-state index contributed by atoms with van der Waals surface area (Å²) in [7, 11) is 1.60. The van der Waals surface area contributed by atoms with Gasteiger partial charge >= 0.3 is 0 Å². The van der Waals surface area contributed by atoms with Crippen molar-refractivity contribution in [2.45, 2.75) is 11.8 Å². The molecule has 0 amide bonds. The van der Waals surface area contributed by atoms with Gasteiger partial charge in [-0.2, -0.15) is 5.26 Å². The van der Waals surface area contributed by atoms with E-state index < -0.39 is 0 Å². The van der Waals surface area contributed by atoms with Crippen molar-refractivity contribution in [2.75, 3.05) is 13.4 Å². The maximum absolute atomic E-state index is 9.30. The summed E-state index contributed by atoms with van der Waals surface area (Å²) in [4.78, 5) is 0.899. The predicted molar refractivity (Wildman–Crippen MR) is 80.7 cm³/mol. The lowest BCUT2D eigenvalue weighted by Gasteiger charge is -2.13. The minimum atomic E-state index is 0.543. The Kier molecular flexibility index (Phi) is 4.54. The van der Waals surface area contributed by atoms with Gasteiger partial charge in [0.1, 0.15) is 17.4 Å². The Balaban J connectivity index is 2.43. The molecule has 0 heterocycles. The molecule has 0 fully saturated rings. The first-order valence-corrected chi connectivity index (χ1v) is 7.31. The summed E-state index contributed by atoms with van der Waals surface area (Å²) >= 11 is 1.52. The third kappa shape index (κ3) is 2.89. The second-order valence-electron chi connectivity index (χ2n) is 4.20. The van der Waals surface area contributed by atoms with Gasteiger partial charge in [-0.1, -0.05) is 12.1 Å². The van der Waals surface area contributed by atoms with Gasteiger partial charge in [0, 0.05) is 4.90 Å². The van der Waals surface area contributed by atoms with Crippen molar-refractivity contribution in [3.8, 4) is 23.3 Å². The van der Waals surface area contributed by atoms with E-state index >= 15 is 0 Å². The molecule has 0 N–H and O–H groups in total. The molecule has 0 aromatic heterocycles. The molecule has 0 saturated heterocycles. The minimum Gasteiger partial charge on any atom is -0.493 e. The summed E-state index contributed by atoms with van der Waals surface area (Å²) in [6.45, 7) is 1.99. The van der Waals surface area contributed by atoms with E-state index in [1.807, 2.05) is 43.5 Å². The smallest absolute Gasteiger partial charge is 0.169 e. The van der Waals surface area contributed by atoms with Gasteiger partial charge in [0.15, 0.2) is 11.5 Å². The maximum atomic E-state index is 9.30. The lowest BCUT2D eigenvalue weighted by molar-refractivity contribution is 0.378. The van der Waals surface area contributed by atoms with Gasteiger partial charge in [-0.25, -0.2) is 0 Å². The van der Waals surface area contributed by atoms with E-state index in [0.717, 1.165) is 10.5 Å². The van der Waals surface area contributed by atoms with Crippen LogP contribution in [0.25, 0.3) is 0 Å². The van der Waals surface area contributed by atoms with E-state index in [2.05, 4.69) is 6.07 Å². The Morgan fingerprint density at radius 3 is 2.55 bits per heavy atom. The van der Waals surface area contributed by atoms with E-state index in [-0.39, 0.29) is 0 Å². The summed E-state index contributed by atoms with van der Waals surface area (Å²) in [5.41, 5.74) is 1.63. The van der Waals surface area contributed by atoms with E-state index in [0.29, 0.717) is 22.8 Å². The summed E-state index contributed by atoms with van der Waals surface area (Å²) in [6, 6.07) is 13.5. The molecule has 2 aromatic rings. The van der Waals surface area contributed by atoms with Crippen molar-refractivity contribution in [1.82, 2.24) is 0 Å². The molecular formula is C16H15NO2S. The second-order valence-corrected chi connectivity index (χ2v) is 5.05. The van der Waals surface area contributed by atoms with Crippen LogP contribution in [0.3, 0.4) is 0 Å². The van der Waals surface area contributed by atoms with Crippen LogP contribution < -0.4 is 9.47 Å². The monoisotopic (exact) mass is 285 g/mol. The van der Waals surface area contributed by atoms with Crippen molar-refractivity contribution in [1.29, 1.82) is 5.26 Å². The van der Waals surface area contributed by atoms with Gasteiger partial charge in [-0.05, 0) is 43.0 Å². The lowest BCUT2D eigenvalue weighted by Crippen LogP contribution is -1.94. The molecular weight excluding hydrogens is 270 g/mol. The number of nitriles is 1. The van der Waals surface area contributed by atoms with Gasteiger partial charge in [0.2, 0.25) is 0 Å². The zero-order valence-electron chi connectivity index (χ0n) is 11.6. The first-order chi connectivity index (χ1) is 9.69. The van der Waals surface area contributed by atoms with E-state index in [1.165, 1.54) is 11.8 Å². The molecule has 2 aromatic carbocycles. The Morgan fingerprint density at radius 1 is 1.10 bits per heavy atom. The largest absolute Gasteiger partial charge is 0.493 e. The van der Waals surface area contributed by atoms with Gasteiger partial charge < -0.3 is 9.47 Å². The molecule has 102 valence electrons. The predicted octanol–water partition coefficient (Wildman–Crippen LogP) is 4.39. The Hall–Kier alpha value is -2.12. The van der Waals surface area contributed by atoms with Gasteiger partial charge in [-0.15, -0.1) is 11.8 Å². The fourth-order valence-electron chi connectivity index (χ4n) is 1.85. The Bertz CT molecular complexity index is 662. The fraction of sp³-hybridized carbons (Fsp3) is 0.188. The molecule has 0 spiro atoms. The highest BCUT2D eigenvalue weighted by Gasteiger charge is 2.12. The van der Waals surface area contributed by atoms with Gasteiger partial charge in [0.05, 0.1) is 7.11 Å². The average molecular weight is 285 g/mol. The highest BCUT2D eigenvalue weighted by atomic mass is 32.2. The third-order valence-electron chi connectivity index (χ3n) is 2.86. The number of aryl methyl sites for hydroxylation is 1. The van der Waals surface area contributed by atoms with Crippen molar-refractivity contribution >= 4 is 11.8 Å². The van der Waals surface area contributed by atoms with Crippen molar-refractivity contribution in [3.63, 3.8) is 0 Å². The summed E-state index contributed by atoms with van der Waals surface area (Å²) in [5.74, 6) is 1.80. The molecule has 0 aliphatic carbocycles. The topological polar surface area (TPSA) is 42.2 Å². The third-order valence-corrected chi connectivity index (χ3v) is 3.64. The molecule has 2 rings (SSSR count). The zero-order valence-corrected chi connectivity index (χ0v) is 12.5. The number of rotatable bonds is 4. The number of ether oxygens (including phenoxy) is 2. The normalized spacial score (nSPS) is 9.90. The quantitative estimate of drug-likeness (QED) is 0.781. The fourth-order valence-corrected chi connectivity index (χ4v) is 2.42. The summed E-state index contributed by atoms with van der Waals surface area (Å²) < 4.78 is 11.2. The number of hydrogen-bond acceptors (Lipinski definition) is 4. The van der Waals surface area contributed by atoms with Crippen molar-refractivity contribution in [2.24, 2.45) is 0 Å². The van der Waals surface area contributed by atoms with E-state index in [1.54, 1.807) is 13.2 Å². The van der Waals surface area contributed by atoms with Crippen LogP contribution >= 0.6 is 11.8 Å². The average Bonchev–Trinajstić information content (AvgIpc) is 2.48. The highest BCUT2D eigenvalue weighted by Crippen LogP contribution is 2.36. The standard InChI is InChI=1S/C16H15NO2S/c1-11-7-8-14(15(9-11)18-2)19-13-5-4-6-16(20-3)12(13)10-17/h4-9H,1-3H3. The summed E-state index contributed by atoms with van der Waals surface area (Å²) in [5, 5.41) is 9.30. The molecule has 0 bridgehead atoms. The van der Waals surface area contributed by atoms with Crippen LogP contribution in [-0.4, -0.2) is 13.4 Å². The molecule has 0 saturated carbocycles. The first kappa shape index (κ1) is 14.3. The molecule has 0 aliphatic heterocycles. The number of hydrogen-bond donors (Lipinski definition) is 0. The second kappa shape index (κ2) is 6.36. The van der Waals surface area contributed by atoms with Crippen molar-refractivity contribution < 1.29 is 9.47 Å². The van der Waals surface area contributed by atoms with Crippen LogP contribution in [0.2, 0.25) is 0 Å². The SMILES string of the molecule is COc1cc(C)ccc1Oc1cccc(SC)c1C#N. The van der Waals surface area contributed by atoms with Crippen LogP contribution in [0.15, 0.2) is 41.3 Å². The number of benzene rings is 2. The summed E-state index contributed by atoms with van der Waals surface area (Å²) in [6.07, 6.45) is 1.94. The van der Waals surface area contributed by atoms with Gasteiger partial charge in [-0.3, -0.25) is 0 Å². The molecule has 0 unspecified atom stereocenters. The highest BCUT2D eigenvalue weighted by molar-refractivity contribution is 7.98. The van der Waals surface area contributed by atoms with Crippen LogP contribution in [-0.2, 0) is 0 Å². The van der Waals surface area contributed by atoms with Crippen LogP contribution in [0.4, 0.5) is 0 Å². The molecule has 0 atom stereocenters. The first-order valence-electron chi connectivity index (χ1n) is 6.09.